The number of hydrogen-bond acceptors (Lipinski definition) is 4. The van der Waals surface area contributed by atoms with E-state index in [1.54, 1.807) is 0 Å². The molecular weight excluding hydrogens is 248 g/mol. The predicted molar refractivity (Wildman–Crippen MR) is 78.1 cm³/mol. The number of unbranched alkanes of at least 4 members (excludes halogenated alkanes) is 3. The van der Waals surface area contributed by atoms with Crippen LogP contribution in [0.3, 0.4) is 0 Å². The fraction of sp³-hybridized carbons (Fsp3) is 0.692. The van der Waals surface area contributed by atoms with E-state index >= 15 is 0 Å². The van der Waals surface area contributed by atoms with Crippen LogP contribution < -0.4 is 11.1 Å². The Hall–Kier alpha value is -1.03. The summed E-state index contributed by atoms with van der Waals surface area (Å²) < 4.78 is 0. The van der Waals surface area contributed by atoms with E-state index in [4.69, 9.17) is 17.3 Å². The van der Waals surface area contributed by atoms with Gasteiger partial charge in [0.25, 0.3) is 0 Å². The van der Waals surface area contributed by atoms with Gasteiger partial charge in [0.2, 0.25) is 0 Å². The minimum absolute atomic E-state index is 0.351. The first kappa shape index (κ1) is 15.0. The van der Waals surface area contributed by atoms with Gasteiger partial charge in [-0.3, -0.25) is 0 Å². The van der Waals surface area contributed by atoms with Gasteiger partial charge in [-0.05, 0) is 12.8 Å². The lowest BCUT2D eigenvalue weighted by atomic mass is 10.2. The van der Waals surface area contributed by atoms with Crippen molar-refractivity contribution in [2.45, 2.75) is 52.4 Å². The van der Waals surface area contributed by atoms with Crippen molar-refractivity contribution in [2.75, 3.05) is 17.6 Å². The Morgan fingerprint density at radius 2 is 1.89 bits per heavy atom. The number of aryl methyl sites for hydroxylation is 1. The van der Waals surface area contributed by atoms with Crippen molar-refractivity contribution in [1.82, 2.24) is 9.97 Å². The SMILES string of the molecule is CCCCCCNc1nc(CCC)nc(Cl)c1N. The van der Waals surface area contributed by atoms with Crippen molar-refractivity contribution in [3.63, 3.8) is 0 Å². The highest BCUT2D eigenvalue weighted by Gasteiger charge is 2.09. The van der Waals surface area contributed by atoms with Crippen LogP contribution >= 0.6 is 11.6 Å². The van der Waals surface area contributed by atoms with Gasteiger partial charge >= 0.3 is 0 Å². The first-order valence-electron chi connectivity index (χ1n) is 6.74. The standard InChI is InChI=1S/C13H23ClN4/c1-3-5-6-7-9-16-13-11(15)12(14)17-10(18-13)8-4-2/h3-9,15H2,1-2H3,(H,16,17,18). The zero-order chi connectivity index (χ0) is 13.4. The first-order chi connectivity index (χ1) is 8.69. The largest absolute Gasteiger partial charge is 0.393 e. The molecule has 1 heterocycles. The molecule has 0 radical (unpaired) electrons. The van der Waals surface area contributed by atoms with Crippen LogP contribution in [0.1, 0.15) is 51.8 Å². The number of aromatic nitrogens is 2. The Bertz CT molecular complexity index is 368. The van der Waals surface area contributed by atoms with E-state index in [1.165, 1.54) is 19.3 Å². The summed E-state index contributed by atoms with van der Waals surface area (Å²) in [5.41, 5.74) is 6.32. The fourth-order valence-corrected chi connectivity index (χ4v) is 1.90. The zero-order valence-electron chi connectivity index (χ0n) is 11.3. The number of anilines is 2. The number of nitrogens with two attached hydrogens (primary N) is 1. The van der Waals surface area contributed by atoms with Crippen molar-refractivity contribution in [1.29, 1.82) is 0 Å². The average Bonchev–Trinajstić information content (AvgIpc) is 2.35. The van der Waals surface area contributed by atoms with Gasteiger partial charge in [0.1, 0.15) is 11.5 Å². The van der Waals surface area contributed by atoms with Crippen molar-refractivity contribution < 1.29 is 0 Å². The summed E-state index contributed by atoms with van der Waals surface area (Å²) in [5, 5.41) is 3.60. The molecule has 5 heteroatoms. The predicted octanol–water partition coefficient (Wildman–Crippen LogP) is 3.66. The van der Waals surface area contributed by atoms with Crippen LogP contribution in [0.2, 0.25) is 5.15 Å². The van der Waals surface area contributed by atoms with Gasteiger partial charge in [0.05, 0.1) is 0 Å². The maximum atomic E-state index is 6.00. The van der Waals surface area contributed by atoms with E-state index in [0.717, 1.165) is 31.6 Å². The third-order valence-corrected chi connectivity index (χ3v) is 3.03. The molecule has 1 aromatic heterocycles. The second-order valence-corrected chi connectivity index (χ2v) is 4.79. The second kappa shape index (κ2) is 8.14. The van der Waals surface area contributed by atoms with Gasteiger partial charge in [-0.2, -0.15) is 0 Å². The number of hydrogen-bond donors (Lipinski definition) is 2. The summed E-state index contributed by atoms with van der Waals surface area (Å²) in [4.78, 5) is 8.58. The number of rotatable bonds is 8. The molecule has 102 valence electrons. The van der Waals surface area contributed by atoms with E-state index in [9.17, 15) is 0 Å². The Kier molecular flexibility index (Phi) is 6.80. The van der Waals surface area contributed by atoms with E-state index in [1.807, 2.05) is 0 Å². The molecule has 18 heavy (non-hydrogen) atoms. The van der Waals surface area contributed by atoms with Crippen LogP contribution in [-0.4, -0.2) is 16.5 Å². The Balaban J connectivity index is 2.57. The van der Waals surface area contributed by atoms with Crippen LogP contribution in [0.5, 0.6) is 0 Å². The lowest BCUT2D eigenvalue weighted by Gasteiger charge is -2.10. The molecule has 0 aliphatic carbocycles. The van der Waals surface area contributed by atoms with Crippen LogP contribution in [0.15, 0.2) is 0 Å². The molecule has 1 aromatic rings. The van der Waals surface area contributed by atoms with E-state index in [2.05, 4.69) is 29.1 Å². The molecule has 0 aromatic carbocycles. The van der Waals surface area contributed by atoms with Crippen LogP contribution in [0, 0.1) is 0 Å². The monoisotopic (exact) mass is 270 g/mol. The van der Waals surface area contributed by atoms with E-state index < -0.39 is 0 Å². The quantitative estimate of drug-likeness (QED) is 0.559. The molecule has 0 bridgehead atoms. The molecule has 3 N–H and O–H groups in total. The summed E-state index contributed by atoms with van der Waals surface area (Å²) in [7, 11) is 0. The number of halogens is 1. The molecule has 4 nitrogen and oxygen atoms in total. The first-order valence-corrected chi connectivity index (χ1v) is 7.12. The molecule has 1 rings (SSSR count). The summed E-state index contributed by atoms with van der Waals surface area (Å²) in [6.07, 6.45) is 6.67. The molecule has 0 saturated carbocycles. The summed E-state index contributed by atoms with van der Waals surface area (Å²) in [5.74, 6) is 1.43. The van der Waals surface area contributed by atoms with Crippen molar-refractivity contribution >= 4 is 23.1 Å². The lowest BCUT2D eigenvalue weighted by Crippen LogP contribution is -2.09. The van der Waals surface area contributed by atoms with Gasteiger partial charge < -0.3 is 11.1 Å². The van der Waals surface area contributed by atoms with Gasteiger partial charge in [-0.25, -0.2) is 9.97 Å². The van der Waals surface area contributed by atoms with E-state index in [0.29, 0.717) is 16.7 Å². The Labute approximate surface area is 114 Å². The number of nitrogens with one attached hydrogen (secondary N) is 1. The third kappa shape index (κ3) is 4.69. The maximum absolute atomic E-state index is 6.00. The topological polar surface area (TPSA) is 63.8 Å². The average molecular weight is 271 g/mol. The second-order valence-electron chi connectivity index (χ2n) is 4.43. The minimum Gasteiger partial charge on any atom is -0.393 e. The highest BCUT2D eigenvalue weighted by Crippen LogP contribution is 2.24. The smallest absolute Gasteiger partial charge is 0.157 e. The molecule has 0 amide bonds. The number of nitrogen functional groups attached to an aromatic ring is 1. The summed E-state index contributed by atoms with van der Waals surface area (Å²) >= 11 is 6.00. The van der Waals surface area contributed by atoms with Crippen molar-refractivity contribution in [2.24, 2.45) is 0 Å². The van der Waals surface area contributed by atoms with Crippen molar-refractivity contribution in [3.8, 4) is 0 Å². The highest BCUT2D eigenvalue weighted by atomic mass is 35.5. The molecular formula is C13H23ClN4. The Morgan fingerprint density at radius 1 is 1.11 bits per heavy atom. The summed E-state index contributed by atoms with van der Waals surface area (Å²) in [6.45, 7) is 5.17. The van der Waals surface area contributed by atoms with Gasteiger partial charge in [0.15, 0.2) is 11.0 Å². The van der Waals surface area contributed by atoms with Crippen molar-refractivity contribution in [3.05, 3.63) is 11.0 Å². The molecule has 0 unspecified atom stereocenters. The third-order valence-electron chi connectivity index (χ3n) is 2.74. The molecule has 0 saturated heterocycles. The number of nitrogens with zero attached hydrogens (tertiary/aromatic N) is 2. The lowest BCUT2D eigenvalue weighted by molar-refractivity contribution is 0.684. The maximum Gasteiger partial charge on any atom is 0.157 e. The van der Waals surface area contributed by atoms with Crippen LogP contribution in [0.25, 0.3) is 0 Å². The normalized spacial score (nSPS) is 10.6. The summed E-state index contributed by atoms with van der Waals surface area (Å²) in [6, 6.07) is 0. The molecule has 0 spiro atoms. The molecule has 0 fully saturated rings. The highest BCUT2D eigenvalue weighted by molar-refractivity contribution is 6.32. The molecule has 0 aliphatic rings. The molecule has 0 atom stereocenters. The Morgan fingerprint density at radius 3 is 2.56 bits per heavy atom. The van der Waals surface area contributed by atoms with Crippen LogP contribution in [0.4, 0.5) is 11.5 Å². The zero-order valence-corrected chi connectivity index (χ0v) is 12.1. The molecule has 0 aliphatic heterocycles. The van der Waals surface area contributed by atoms with E-state index in [-0.39, 0.29) is 0 Å². The minimum atomic E-state index is 0.351. The van der Waals surface area contributed by atoms with Crippen LogP contribution in [-0.2, 0) is 6.42 Å². The van der Waals surface area contributed by atoms with Gasteiger partial charge in [-0.1, -0.05) is 44.7 Å². The van der Waals surface area contributed by atoms with Gasteiger partial charge in [-0.15, -0.1) is 0 Å². The van der Waals surface area contributed by atoms with Gasteiger partial charge in [0, 0.05) is 13.0 Å². The fourth-order valence-electron chi connectivity index (χ4n) is 1.71.